The number of ether oxygens (including phenoxy) is 1. The summed E-state index contributed by atoms with van der Waals surface area (Å²) in [6.07, 6.45) is 1.10. The standard InChI is InChI=1S/C17H11F2NO2/c1-22-15-6-3-11(4-7-15)17(21)13(10-20)8-12-2-5-14(18)9-16(12)19/h2-9H,1H3/b13-8+. The predicted molar refractivity (Wildman–Crippen MR) is 77.3 cm³/mol. The van der Waals surface area contributed by atoms with Crippen LogP contribution in [0.2, 0.25) is 0 Å². The number of ketones is 1. The molecule has 0 unspecified atom stereocenters. The second kappa shape index (κ2) is 6.64. The Morgan fingerprint density at radius 2 is 1.86 bits per heavy atom. The lowest BCUT2D eigenvalue weighted by Crippen LogP contribution is -2.02. The third kappa shape index (κ3) is 3.36. The lowest BCUT2D eigenvalue weighted by molar-refractivity contribution is 0.104. The Labute approximate surface area is 126 Å². The van der Waals surface area contributed by atoms with Crippen molar-refractivity contribution >= 4 is 11.9 Å². The van der Waals surface area contributed by atoms with Crippen molar-refractivity contribution in [2.24, 2.45) is 0 Å². The van der Waals surface area contributed by atoms with Gasteiger partial charge in [0.15, 0.2) is 0 Å². The summed E-state index contributed by atoms with van der Waals surface area (Å²) in [7, 11) is 1.49. The van der Waals surface area contributed by atoms with Crippen LogP contribution in [0.1, 0.15) is 15.9 Å². The van der Waals surface area contributed by atoms with Gasteiger partial charge in [-0.3, -0.25) is 4.79 Å². The third-order valence-corrected chi connectivity index (χ3v) is 2.98. The quantitative estimate of drug-likeness (QED) is 0.490. The normalized spacial score (nSPS) is 10.9. The number of allylic oxidation sites excluding steroid dienone is 1. The van der Waals surface area contributed by atoms with Crippen LogP contribution < -0.4 is 4.74 Å². The van der Waals surface area contributed by atoms with Crippen molar-refractivity contribution in [2.45, 2.75) is 0 Å². The first kappa shape index (κ1) is 15.4. The van der Waals surface area contributed by atoms with E-state index in [0.29, 0.717) is 11.8 Å². The van der Waals surface area contributed by atoms with Crippen LogP contribution >= 0.6 is 0 Å². The fourth-order valence-corrected chi connectivity index (χ4v) is 1.82. The highest BCUT2D eigenvalue weighted by Gasteiger charge is 2.13. The molecular formula is C17H11F2NO2. The molecule has 2 rings (SSSR count). The molecule has 0 saturated carbocycles. The van der Waals surface area contributed by atoms with Gasteiger partial charge >= 0.3 is 0 Å². The average molecular weight is 299 g/mol. The Morgan fingerprint density at radius 3 is 2.41 bits per heavy atom. The van der Waals surface area contributed by atoms with Gasteiger partial charge in [-0.2, -0.15) is 5.26 Å². The van der Waals surface area contributed by atoms with Gasteiger partial charge in [0, 0.05) is 17.2 Å². The van der Waals surface area contributed by atoms with E-state index in [1.165, 1.54) is 25.3 Å². The maximum atomic E-state index is 13.6. The highest BCUT2D eigenvalue weighted by Crippen LogP contribution is 2.18. The van der Waals surface area contributed by atoms with Crippen molar-refractivity contribution in [3.63, 3.8) is 0 Å². The summed E-state index contributed by atoms with van der Waals surface area (Å²) in [6.45, 7) is 0. The molecule has 0 amide bonds. The minimum Gasteiger partial charge on any atom is -0.497 e. The number of Topliss-reactive ketones (excluding diaryl/α,β-unsaturated/α-hetero) is 1. The van der Waals surface area contributed by atoms with Gasteiger partial charge in [-0.1, -0.05) is 0 Å². The van der Waals surface area contributed by atoms with Crippen LogP contribution in [0.25, 0.3) is 6.08 Å². The van der Waals surface area contributed by atoms with Gasteiger partial charge in [0.25, 0.3) is 0 Å². The minimum absolute atomic E-state index is 0.0280. The summed E-state index contributed by atoms with van der Waals surface area (Å²) in [5, 5.41) is 9.10. The summed E-state index contributed by atoms with van der Waals surface area (Å²) in [6, 6.07) is 10.8. The molecule has 0 aliphatic heterocycles. The van der Waals surface area contributed by atoms with E-state index in [1.807, 2.05) is 0 Å². The largest absolute Gasteiger partial charge is 0.497 e. The maximum absolute atomic E-state index is 13.6. The van der Waals surface area contributed by atoms with Crippen LogP contribution in [-0.2, 0) is 0 Å². The van der Waals surface area contributed by atoms with Gasteiger partial charge in [-0.15, -0.1) is 0 Å². The first-order valence-corrected chi connectivity index (χ1v) is 6.30. The number of benzene rings is 2. The highest BCUT2D eigenvalue weighted by atomic mass is 19.1. The molecule has 110 valence electrons. The smallest absolute Gasteiger partial charge is 0.203 e. The molecule has 2 aromatic carbocycles. The Kier molecular flexibility index (Phi) is 4.64. The lowest BCUT2D eigenvalue weighted by Gasteiger charge is -2.03. The van der Waals surface area contributed by atoms with E-state index in [2.05, 4.69) is 0 Å². The van der Waals surface area contributed by atoms with Gasteiger partial charge in [0.1, 0.15) is 29.0 Å². The molecule has 3 nitrogen and oxygen atoms in total. The molecule has 22 heavy (non-hydrogen) atoms. The van der Waals surface area contributed by atoms with Crippen LogP contribution in [0.5, 0.6) is 5.75 Å². The van der Waals surface area contributed by atoms with Crippen LogP contribution in [0.15, 0.2) is 48.0 Å². The molecule has 0 spiro atoms. The molecule has 0 aliphatic carbocycles. The minimum atomic E-state index is -0.838. The molecular weight excluding hydrogens is 288 g/mol. The van der Waals surface area contributed by atoms with Gasteiger partial charge < -0.3 is 4.74 Å². The van der Waals surface area contributed by atoms with Crippen molar-refractivity contribution in [2.75, 3.05) is 7.11 Å². The zero-order valence-corrected chi connectivity index (χ0v) is 11.6. The fraction of sp³-hybridized carbons (Fsp3) is 0.0588. The van der Waals surface area contributed by atoms with E-state index < -0.39 is 17.4 Å². The Morgan fingerprint density at radius 1 is 1.18 bits per heavy atom. The highest BCUT2D eigenvalue weighted by molar-refractivity contribution is 6.14. The van der Waals surface area contributed by atoms with Crippen LogP contribution in [-0.4, -0.2) is 12.9 Å². The third-order valence-electron chi connectivity index (χ3n) is 2.98. The predicted octanol–water partition coefficient (Wildman–Crippen LogP) is 3.76. The number of nitriles is 1. The molecule has 0 atom stereocenters. The Bertz CT molecular complexity index is 774. The van der Waals surface area contributed by atoms with Crippen molar-refractivity contribution in [1.29, 1.82) is 5.26 Å². The van der Waals surface area contributed by atoms with Crippen molar-refractivity contribution in [1.82, 2.24) is 0 Å². The summed E-state index contributed by atoms with van der Waals surface area (Å²) >= 11 is 0. The van der Waals surface area contributed by atoms with Gasteiger partial charge in [-0.05, 0) is 42.5 Å². The zero-order valence-electron chi connectivity index (χ0n) is 11.6. The molecule has 5 heteroatoms. The maximum Gasteiger partial charge on any atom is 0.203 e. The van der Waals surface area contributed by atoms with Crippen LogP contribution in [0, 0.1) is 23.0 Å². The number of hydrogen-bond donors (Lipinski definition) is 0. The SMILES string of the molecule is COc1ccc(C(=O)/C(C#N)=C/c2ccc(F)cc2F)cc1. The number of halogens is 2. The van der Waals surface area contributed by atoms with Crippen molar-refractivity contribution in [3.05, 3.63) is 70.8 Å². The molecule has 0 bridgehead atoms. The molecule has 0 N–H and O–H groups in total. The molecule has 2 aromatic rings. The van der Waals surface area contributed by atoms with Crippen LogP contribution in [0.3, 0.4) is 0 Å². The summed E-state index contributed by atoms with van der Waals surface area (Å²) in [5.74, 6) is -1.54. The van der Waals surface area contributed by atoms with E-state index in [0.717, 1.165) is 12.1 Å². The molecule has 0 heterocycles. The van der Waals surface area contributed by atoms with E-state index in [9.17, 15) is 13.6 Å². The van der Waals surface area contributed by atoms with E-state index >= 15 is 0 Å². The summed E-state index contributed by atoms with van der Waals surface area (Å²) in [4.78, 5) is 12.2. The molecule has 0 saturated heterocycles. The summed E-state index contributed by atoms with van der Waals surface area (Å²) in [5.41, 5.74) is 0.00612. The van der Waals surface area contributed by atoms with Gasteiger partial charge in [0.2, 0.25) is 5.78 Å². The number of carbonyl (C=O) groups is 1. The Hall–Kier alpha value is -3.00. The van der Waals surface area contributed by atoms with Crippen molar-refractivity contribution < 1.29 is 18.3 Å². The molecule has 0 aliphatic rings. The summed E-state index contributed by atoms with van der Waals surface area (Å²) < 4.78 is 31.4. The first-order valence-electron chi connectivity index (χ1n) is 6.30. The van der Waals surface area contributed by atoms with E-state index in [4.69, 9.17) is 10.00 Å². The van der Waals surface area contributed by atoms with E-state index in [1.54, 1.807) is 18.2 Å². The Balaban J connectivity index is 2.36. The number of carbonyl (C=O) groups excluding carboxylic acids is 1. The number of hydrogen-bond acceptors (Lipinski definition) is 3. The first-order chi connectivity index (χ1) is 10.5. The van der Waals surface area contributed by atoms with Gasteiger partial charge in [0.05, 0.1) is 7.11 Å². The number of nitrogens with zero attached hydrogens (tertiary/aromatic N) is 1. The second-order valence-electron chi connectivity index (χ2n) is 4.39. The average Bonchev–Trinajstić information content (AvgIpc) is 2.54. The lowest BCUT2D eigenvalue weighted by atomic mass is 10.0. The monoisotopic (exact) mass is 299 g/mol. The second-order valence-corrected chi connectivity index (χ2v) is 4.39. The van der Waals surface area contributed by atoms with E-state index in [-0.39, 0.29) is 16.7 Å². The number of methoxy groups -OCH3 is 1. The molecule has 0 aromatic heterocycles. The molecule has 0 fully saturated rings. The topological polar surface area (TPSA) is 50.1 Å². The van der Waals surface area contributed by atoms with Crippen molar-refractivity contribution in [3.8, 4) is 11.8 Å². The van der Waals surface area contributed by atoms with Gasteiger partial charge in [-0.25, -0.2) is 8.78 Å². The van der Waals surface area contributed by atoms with Crippen LogP contribution in [0.4, 0.5) is 8.78 Å². The number of rotatable bonds is 4. The molecule has 0 radical (unpaired) electrons. The zero-order chi connectivity index (χ0) is 16.1. The fourth-order valence-electron chi connectivity index (χ4n) is 1.82.